The van der Waals surface area contributed by atoms with Gasteiger partial charge in [0.1, 0.15) is 5.60 Å². The summed E-state index contributed by atoms with van der Waals surface area (Å²) in [5.41, 5.74) is 3.93. The fourth-order valence-corrected chi connectivity index (χ4v) is 1.43. The summed E-state index contributed by atoms with van der Waals surface area (Å²) in [4.78, 5) is 23.5. The SMILES string of the molecule is CC(C)(C)OC(=O)[C@@](C)(Nc1ccc(N)cc1)C(=O)O. The van der Waals surface area contributed by atoms with Gasteiger partial charge in [-0.1, -0.05) is 0 Å². The monoisotopic (exact) mass is 280 g/mol. The van der Waals surface area contributed by atoms with E-state index in [2.05, 4.69) is 5.32 Å². The van der Waals surface area contributed by atoms with Crippen molar-refractivity contribution >= 4 is 23.3 Å². The topological polar surface area (TPSA) is 102 Å². The first-order valence-corrected chi connectivity index (χ1v) is 6.15. The number of nitrogens with one attached hydrogen (secondary N) is 1. The number of carboxylic acids is 1. The Hall–Kier alpha value is -2.24. The number of benzene rings is 1. The molecule has 0 aliphatic rings. The number of rotatable bonds is 4. The van der Waals surface area contributed by atoms with E-state index in [1.54, 1.807) is 45.0 Å². The third-order valence-electron chi connectivity index (χ3n) is 2.54. The predicted octanol–water partition coefficient (Wildman–Crippen LogP) is 1.87. The molecule has 0 saturated carbocycles. The minimum atomic E-state index is -1.87. The van der Waals surface area contributed by atoms with E-state index in [-0.39, 0.29) is 0 Å². The lowest BCUT2D eigenvalue weighted by Gasteiger charge is -2.29. The summed E-state index contributed by atoms with van der Waals surface area (Å²) >= 11 is 0. The maximum Gasteiger partial charge on any atom is 0.343 e. The van der Waals surface area contributed by atoms with Gasteiger partial charge in [-0.15, -0.1) is 0 Å². The van der Waals surface area contributed by atoms with Crippen molar-refractivity contribution in [2.24, 2.45) is 0 Å². The van der Waals surface area contributed by atoms with E-state index in [1.807, 2.05) is 0 Å². The van der Waals surface area contributed by atoms with Crippen molar-refractivity contribution in [2.75, 3.05) is 11.1 Å². The van der Waals surface area contributed by atoms with E-state index in [0.717, 1.165) is 0 Å². The van der Waals surface area contributed by atoms with E-state index in [4.69, 9.17) is 10.5 Å². The zero-order valence-electron chi connectivity index (χ0n) is 12.1. The Morgan fingerprint density at radius 3 is 2.05 bits per heavy atom. The molecule has 1 atom stereocenters. The van der Waals surface area contributed by atoms with Gasteiger partial charge >= 0.3 is 11.9 Å². The Kier molecular flexibility index (Phi) is 4.27. The molecule has 0 aliphatic carbocycles. The second kappa shape index (κ2) is 5.40. The van der Waals surface area contributed by atoms with E-state index in [0.29, 0.717) is 11.4 Å². The number of carbonyl (C=O) groups excluding carboxylic acids is 1. The smallest absolute Gasteiger partial charge is 0.343 e. The lowest BCUT2D eigenvalue weighted by atomic mass is 10.0. The Bertz CT molecular complexity index is 505. The number of nitrogens with two attached hydrogens (primary N) is 1. The molecule has 0 radical (unpaired) electrons. The predicted molar refractivity (Wildman–Crippen MR) is 76.4 cm³/mol. The molecule has 1 rings (SSSR count). The van der Waals surface area contributed by atoms with Crippen LogP contribution in [0.2, 0.25) is 0 Å². The summed E-state index contributed by atoms with van der Waals surface area (Å²) < 4.78 is 5.15. The van der Waals surface area contributed by atoms with E-state index in [9.17, 15) is 14.7 Å². The summed E-state index contributed by atoms with van der Waals surface area (Å²) in [5.74, 6) is -2.17. The molecular weight excluding hydrogens is 260 g/mol. The molecule has 0 heterocycles. The standard InChI is InChI=1S/C14H20N2O4/c1-13(2,3)20-12(19)14(4,11(17)18)16-10-7-5-9(15)6-8-10/h5-8,16H,15H2,1-4H3,(H,17,18)/t14-/m0/s1. The van der Waals surface area contributed by atoms with Gasteiger partial charge in [0, 0.05) is 11.4 Å². The van der Waals surface area contributed by atoms with E-state index >= 15 is 0 Å². The molecule has 6 heteroatoms. The van der Waals surface area contributed by atoms with Crippen LogP contribution >= 0.6 is 0 Å². The van der Waals surface area contributed by atoms with Crippen LogP contribution in [0.5, 0.6) is 0 Å². The van der Waals surface area contributed by atoms with Crippen molar-refractivity contribution in [1.82, 2.24) is 0 Å². The minimum absolute atomic E-state index is 0.468. The number of ether oxygens (including phenoxy) is 1. The van der Waals surface area contributed by atoms with Gasteiger partial charge in [-0.25, -0.2) is 9.59 Å². The van der Waals surface area contributed by atoms with E-state index < -0.39 is 23.1 Å². The van der Waals surface area contributed by atoms with Gasteiger partial charge in [-0.05, 0) is 52.0 Å². The van der Waals surface area contributed by atoms with Crippen LogP contribution < -0.4 is 11.1 Å². The van der Waals surface area contributed by atoms with Crippen LogP contribution in [0.3, 0.4) is 0 Å². The Morgan fingerprint density at radius 1 is 1.15 bits per heavy atom. The first kappa shape index (κ1) is 15.8. The number of carboxylic acid groups (broad SMARTS) is 1. The molecule has 6 nitrogen and oxygen atoms in total. The molecule has 0 aliphatic heterocycles. The molecule has 20 heavy (non-hydrogen) atoms. The van der Waals surface area contributed by atoms with Crippen LogP contribution in [-0.4, -0.2) is 28.2 Å². The van der Waals surface area contributed by atoms with Crippen molar-refractivity contribution < 1.29 is 19.4 Å². The number of aliphatic carboxylic acids is 1. The van der Waals surface area contributed by atoms with Crippen molar-refractivity contribution in [3.63, 3.8) is 0 Å². The summed E-state index contributed by atoms with van der Waals surface area (Å²) in [6.45, 7) is 6.29. The average molecular weight is 280 g/mol. The van der Waals surface area contributed by atoms with Gasteiger partial charge in [0.05, 0.1) is 0 Å². The van der Waals surface area contributed by atoms with Crippen molar-refractivity contribution in [3.05, 3.63) is 24.3 Å². The van der Waals surface area contributed by atoms with Gasteiger partial charge in [0.15, 0.2) is 0 Å². The summed E-state index contributed by atoms with van der Waals surface area (Å²) in [5, 5.41) is 12.0. The Balaban J connectivity index is 3.00. The maximum absolute atomic E-state index is 12.1. The fraction of sp³-hybridized carbons (Fsp3) is 0.429. The zero-order chi connectivity index (χ0) is 15.6. The largest absolute Gasteiger partial charge is 0.479 e. The highest BCUT2D eigenvalue weighted by Crippen LogP contribution is 2.21. The van der Waals surface area contributed by atoms with Crippen LogP contribution in [0.15, 0.2) is 24.3 Å². The van der Waals surface area contributed by atoms with Crippen LogP contribution in [0, 0.1) is 0 Å². The second-order valence-corrected chi connectivity index (χ2v) is 5.68. The highest BCUT2D eigenvalue weighted by molar-refractivity contribution is 6.06. The van der Waals surface area contributed by atoms with Crippen LogP contribution in [-0.2, 0) is 14.3 Å². The molecule has 0 amide bonds. The normalized spacial score (nSPS) is 14.2. The van der Waals surface area contributed by atoms with Gasteiger partial charge in [-0.2, -0.15) is 0 Å². The summed E-state index contributed by atoms with van der Waals surface area (Å²) in [6, 6.07) is 6.42. The lowest BCUT2D eigenvalue weighted by molar-refractivity contribution is -0.166. The van der Waals surface area contributed by atoms with Crippen LogP contribution in [0.4, 0.5) is 11.4 Å². The third kappa shape index (κ3) is 3.88. The Labute approximate surface area is 117 Å². The third-order valence-corrected chi connectivity index (χ3v) is 2.54. The Morgan fingerprint density at radius 2 is 1.65 bits per heavy atom. The second-order valence-electron chi connectivity index (χ2n) is 5.68. The number of anilines is 2. The highest BCUT2D eigenvalue weighted by Gasteiger charge is 2.44. The number of esters is 1. The molecular formula is C14H20N2O4. The van der Waals surface area contributed by atoms with Crippen LogP contribution in [0.25, 0.3) is 0 Å². The van der Waals surface area contributed by atoms with Crippen molar-refractivity contribution in [1.29, 1.82) is 0 Å². The van der Waals surface area contributed by atoms with Gasteiger partial charge in [0.2, 0.25) is 5.54 Å². The molecule has 0 fully saturated rings. The number of hydrogen-bond donors (Lipinski definition) is 3. The summed E-state index contributed by atoms with van der Waals surface area (Å²) in [7, 11) is 0. The molecule has 4 N–H and O–H groups in total. The fourth-order valence-electron chi connectivity index (χ4n) is 1.43. The van der Waals surface area contributed by atoms with Crippen LogP contribution in [0.1, 0.15) is 27.7 Å². The molecule has 1 aromatic carbocycles. The number of nitrogen functional groups attached to an aromatic ring is 1. The van der Waals surface area contributed by atoms with Crippen molar-refractivity contribution in [3.8, 4) is 0 Å². The molecule has 0 aromatic heterocycles. The quantitative estimate of drug-likeness (QED) is 0.442. The van der Waals surface area contributed by atoms with Gasteiger partial charge < -0.3 is 20.9 Å². The molecule has 0 spiro atoms. The molecule has 1 aromatic rings. The molecule has 0 bridgehead atoms. The zero-order valence-corrected chi connectivity index (χ0v) is 12.1. The summed E-state index contributed by atoms with van der Waals surface area (Å²) in [6.07, 6.45) is 0. The van der Waals surface area contributed by atoms with Gasteiger partial charge in [0.25, 0.3) is 0 Å². The first-order chi connectivity index (χ1) is 9.04. The lowest BCUT2D eigenvalue weighted by Crippen LogP contribution is -2.53. The van der Waals surface area contributed by atoms with Crippen molar-refractivity contribution in [2.45, 2.75) is 38.8 Å². The van der Waals surface area contributed by atoms with E-state index in [1.165, 1.54) is 6.92 Å². The average Bonchev–Trinajstić information content (AvgIpc) is 2.29. The molecule has 0 unspecified atom stereocenters. The molecule has 0 saturated heterocycles. The van der Waals surface area contributed by atoms with Gasteiger partial charge in [-0.3, -0.25) is 0 Å². The minimum Gasteiger partial charge on any atom is -0.479 e. The number of hydrogen-bond acceptors (Lipinski definition) is 5. The number of carbonyl (C=O) groups is 2. The molecule has 110 valence electrons. The first-order valence-electron chi connectivity index (χ1n) is 6.15. The maximum atomic E-state index is 12.1. The highest BCUT2D eigenvalue weighted by atomic mass is 16.6.